The van der Waals surface area contributed by atoms with E-state index in [2.05, 4.69) is 36.9 Å². The molecule has 0 unspecified atom stereocenters. The first-order valence-electron chi connectivity index (χ1n) is 8.20. The number of benzene rings is 1. The third kappa shape index (κ3) is 7.83. The van der Waals surface area contributed by atoms with E-state index < -0.39 is 0 Å². The van der Waals surface area contributed by atoms with Crippen LogP contribution in [0.5, 0.6) is 0 Å². The van der Waals surface area contributed by atoms with Gasteiger partial charge in [-0.1, -0.05) is 35.2 Å². The van der Waals surface area contributed by atoms with E-state index in [1.54, 1.807) is 7.05 Å². The van der Waals surface area contributed by atoms with Gasteiger partial charge in [-0.3, -0.25) is 9.79 Å². The van der Waals surface area contributed by atoms with Crippen LogP contribution in [0.15, 0.2) is 33.7 Å². The van der Waals surface area contributed by atoms with Gasteiger partial charge in [-0.05, 0) is 37.1 Å². The molecule has 5 nitrogen and oxygen atoms in total. The number of hydrogen-bond acceptors (Lipinski definition) is 2. The third-order valence-corrected chi connectivity index (χ3v) is 4.47. The van der Waals surface area contributed by atoms with Gasteiger partial charge in [0, 0.05) is 36.2 Å². The maximum atomic E-state index is 11.9. The maximum Gasteiger partial charge on any atom is 0.226 e. The first-order valence-corrected chi connectivity index (χ1v) is 8.99. The van der Waals surface area contributed by atoms with Crippen LogP contribution in [-0.4, -0.2) is 31.5 Å². The Morgan fingerprint density at radius 2 is 1.88 bits per heavy atom. The van der Waals surface area contributed by atoms with Gasteiger partial charge in [-0.15, -0.1) is 24.0 Å². The van der Waals surface area contributed by atoms with Crippen molar-refractivity contribution in [2.75, 3.05) is 18.9 Å². The molecule has 24 heavy (non-hydrogen) atoms. The Bertz CT molecular complexity index is 530. The fourth-order valence-corrected chi connectivity index (χ4v) is 2.95. The number of carbonyl (C=O) groups is 1. The summed E-state index contributed by atoms with van der Waals surface area (Å²) < 4.78 is 0.995. The number of guanidine groups is 1. The highest BCUT2D eigenvalue weighted by atomic mass is 127. The highest BCUT2D eigenvalue weighted by Gasteiger charge is 2.14. The number of anilines is 1. The molecule has 7 heteroatoms. The molecular formula is C17H26BrIN4O. The van der Waals surface area contributed by atoms with E-state index >= 15 is 0 Å². The molecule has 0 bridgehead atoms. The zero-order valence-corrected chi connectivity index (χ0v) is 17.9. The van der Waals surface area contributed by atoms with Crippen molar-refractivity contribution in [2.24, 2.45) is 4.99 Å². The summed E-state index contributed by atoms with van der Waals surface area (Å²) in [5, 5.41) is 9.53. The van der Waals surface area contributed by atoms with Gasteiger partial charge in [-0.2, -0.15) is 0 Å². The minimum atomic E-state index is -0.00654. The quantitative estimate of drug-likeness (QED) is 0.321. The Hall–Kier alpha value is -0.830. The molecule has 1 saturated carbocycles. The lowest BCUT2D eigenvalue weighted by Gasteiger charge is -2.24. The molecule has 0 aromatic heterocycles. The van der Waals surface area contributed by atoms with Crippen molar-refractivity contribution >= 4 is 57.5 Å². The zero-order chi connectivity index (χ0) is 16.5. The van der Waals surface area contributed by atoms with Gasteiger partial charge in [0.05, 0.1) is 0 Å². The second-order valence-electron chi connectivity index (χ2n) is 5.78. The van der Waals surface area contributed by atoms with Crippen molar-refractivity contribution in [3.8, 4) is 0 Å². The Labute approximate surface area is 169 Å². The highest BCUT2D eigenvalue weighted by Crippen LogP contribution is 2.17. The largest absolute Gasteiger partial charge is 0.356 e. The zero-order valence-electron chi connectivity index (χ0n) is 14.0. The minimum absolute atomic E-state index is 0. The molecule has 1 aliphatic rings. The maximum absolute atomic E-state index is 11.9. The van der Waals surface area contributed by atoms with E-state index in [1.165, 1.54) is 32.1 Å². The number of hydrogen-bond donors (Lipinski definition) is 3. The van der Waals surface area contributed by atoms with Gasteiger partial charge in [0.25, 0.3) is 0 Å². The van der Waals surface area contributed by atoms with Crippen LogP contribution in [0.1, 0.15) is 38.5 Å². The highest BCUT2D eigenvalue weighted by molar-refractivity contribution is 14.0. The van der Waals surface area contributed by atoms with Gasteiger partial charge in [0.1, 0.15) is 0 Å². The molecule has 0 atom stereocenters. The summed E-state index contributed by atoms with van der Waals surface area (Å²) in [6.07, 6.45) is 6.70. The van der Waals surface area contributed by atoms with Crippen LogP contribution < -0.4 is 16.0 Å². The Morgan fingerprint density at radius 1 is 1.21 bits per heavy atom. The van der Waals surface area contributed by atoms with Crippen LogP contribution >= 0.6 is 39.9 Å². The Balaban J connectivity index is 0.00000288. The summed E-state index contributed by atoms with van der Waals surface area (Å²) in [4.78, 5) is 16.2. The van der Waals surface area contributed by atoms with Crippen molar-refractivity contribution in [2.45, 2.75) is 44.6 Å². The molecule has 1 aromatic rings. The second kappa shape index (κ2) is 11.7. The smallest absolute Gasteiger partial charge is 0.226 e. The topological polar surface area (TPSA) is 65.5 Å². The third-order valence-electron chi connectivity index (χ3n) is 3.94. The minimum Gasteiger partial charge on any atom is -0.356 e. The average Bonchev–Trinajstić information content (AvgIpc) is 2.57. The van der Waals surface area contributed by atoms with Gasteiger partial charge in [0.2, 0.25) is 5.91 Å². The lowest BCUT2D eigenvalue weighted by Crippen LogP contribution is -2.44. The average molecular weight is 509 g/mol. The first-order chi connectivity index (χ1) is 11.2. The van der Waals surface area contributed by atoms with Crippen LogP contribution in [0.3, 0.4) is 0 Å². The standard InChI is InChI=1S/C17H25BrN4O.HI/c1-19-17(22-14-5-3-2-4-6-14)20-12-11-16(23)21-15-9-7-13(18)8-10-15;/h7-10,14H,2-6,11-12H2,1H3,(H,21,23)(H2,19,20,22);1H. The predicted octanol–water partition coefficient (Wildman–Crippen LogP) is 3.89. The van der Waals surface area contributed by atoms with Crippen molar-refractivity contribution in [1.29, 1.82) is 0 Å². The van der Waals surface area contributed by atoms with Gasteiger partial charge in [-0.25, -0.2) is 0 Å². The lowest BCUT2D eigenvalue weighted by atomic mass is 9.96. The monoisotopic (exact) mass is 508 g/mol. The molecule has 0 radical (unpaired) electrons. The molecule has 0 saturated heterocycles. The van der Waals surface area contributed by atoms with Gasteiger partial charge < -0.3 is 16.0 Å². The molecule has 2 rings (SSSR count). The molecule has 0 aliphatic heterocycles. The predicted molar refractivity (Wildman–Crippen MR) is 114 cm³/mol. The molecule has 1 fully saturated rings. The molecule has 3 N–H and O–H groups in total. The number of amides is 1. The van der Waals surface area contributed by atoms with Crippen molar-refractivity contribution in [3.63, 3.8) is 0 Å². The lowest BCUT2D eigenvalue weighted by molar-refractivity contribution is -0.116. The Kier molecular flexibility index (Phi) is 10.3. The van der Waals surface area contributed by atoms with Crippen LogP contribution in [0.4, 0.5) is 5.69 Å². The van der Waals surface area contributed by atoms with Crippen LogP contribution in [0.2, 0.25) is 0 Å². The van der Waals surface area contributed by atoms with Crippen molar-refractivity contribution < 1.29 is 4.79 Å². The number of carbonyl (C=O) groups excluding carboxylic acids is 1. The number of aliphatic imine (C=N–C) groups is 1. The molecule has 0 heterocycles. The van der Waals surface area contributed by atoms with E-state index in [0.717, 1.165) is 16.1 Å². The summed E-state index contributed by atoms with van der Waals surface area (Å²) in [6, 6.07) is 8.07. The molecule has 1 aliphatic carbocycles. The fraction of sp³-hybridized carbons (Fsp3) is 0.529. The van der Waals surface area contributed by atoms with Gasteiger partial charge in [0.15, 0.2) is 5.96 Å². The summed E-state index contributed by atoms with van der Waals surface area (Å²) >= 11 is 3.38. The Morgan fingerprint density at radius 3 is 2.50 bits per heavy atom. The first kappa shape index (κ1) is 21.2. The van der Waals surface area contributed by atoms with Crippen molar-refractivity contribution in [1.82, 2.24) is 10.6 Å². The SMILES string of the molecule is CN=C(NCCC(=O)Nc1ccc(Br)cc1)NC1CCCCC1.I. The van der Waals surface area contributed by atoms with E-state index in [9.17, 15) is 4.79 Å². The molecule has 1 aromatic carbocycles. The number of nitrogens with zero attached hydrogens (tertiary/aromatic N) is 1. The summed E-state index contributed by atoms with van der Waals surface area (Å²) in [7, 11) is 1.76. The fourth-order valence-electron chi connectivity index (χ4n) is 2.69. The second-order valence-corrected chi connectivity index (χ2v) is 6.70. The molecule has 1 amide bonds. The number of nitrogens with one attached hydrogen (secondary N) is 3. The van der Waals surface area contributed by atoms with Crippen LogP contribution in [0.25, 0.3) is 0 Å². The van der Waals surface area contributed by atoms with Crippen molar-refractivity contribution in [3.05, 3.63) is 28.7 Å². The molecular weight excluding hydrogens is 483 g/mol. The number of halogens is 2. The summed E-state index contributed by atoms with van der Waals surface area (Å²) in [5.74, 6) is 0.779. The normalized spacial score (nSPS) is 15.3. The number of rotatable bonds is 5. The van der Waals surface area contributed by atoms with Crippen LogP contribution in [0, 0.1) is 0 Å². The summed E-state index contributed by atoms with van der Waals surface area (Å²) in [5.41, 5.74) is 0.808. The molecule has 0 spiro atoms. The van der Waals surface area contributed by atoms with E-state index in [-0.39, 0.29) is 29.9 Å². The van der Waals surface area contributed by atoms with Crippen LogP contribution in [-0.2, 0) is 4.79 Å². The van der Waals surface area contributed by atoms with E-state index in [1.807, 2.05) is 24.3 Å². The van der Waals surface area contributed by atoms with E-state index in [0.29, 0.717) is 19.0 Å². The van der Waals surface area contributed by atoms with E-state index in [4.69, 9.17) is 0 Å². The van der Waals surface area contributed by atoms with Gasteiger partial charge >= 0.3 is 0 Å². The molecule has 134 valence electrons. The summed E-state index contributed by atoms with van der Waals surface area (Å²) in [6.45, 7) is 0.564.